The molecule has 1 aliphatic rings. The van der Waals surface area contributed by atoms with Crippen LogP contribution in [0.25, 0.3) is 0 Å². The summed E-state index contributed by atoms with van der Waals surface area (Å²) in [7, 11) is -3.11. The van der Waals surface area contributed by atoms with Gasteiger partial charge in [-0.05, 0) is 37.1 Å². The minimum atomic E-state index is -3.11. The largest absolute Gasteiger partial charge is 0.430 e. The minimum absolute atomic E-state index is 0.267. The molecule has 1 atom stereocenters. The second-order valence-corrected chi connectivity index (χ2v) is 7.82. The van der Waals surface area contributed by atoms with Gasteiger partial charge in [-0.3, -0.25) is 4.57 Å². The van der Waals surface area contributed by atoms with E-state index in [-0.39, 0.29) is 6.04 Å². The summed E-state index contributed by atoms with van der Waals surface area (Å²) in [5.74, 6) is 0.637. The first-order chi connectivity index (χ1) is 10.8. The van der Waals surface area contributed by atoms with Gasteiger partial charge in [0.2, 0.25) is 0 Å². The van der Waals surface area contributed by atoms with Crippen LogP contribution in [0.3, 0.4) is 0 Å². The number of hydrogen-bond donors (Lipinski definition) is 1. The maximum atomic E-state index is 13.5. The molecule has 3 nitrogen and oxygen atoms in total. The maximum absolute atomic E-state index is 13.5. The normalized spacial score (nSPS) is 18.5. The van der Waals surface area contributed by atoms with Crippen LogP contribution in [0, 0.1) is 0 Å². The van der Waals surface area contributed by atoms with Crippen LogP contribution in [0.2, 0.25) is 0 Å². The van der Waals surface area contributed by atoms with E-state index in [0.717, 1.165) is 18.1 Å². The van der Waals surface area contributed by atoms with Crippen molar-refractivity contribution in [2.24, 2.45) is 0 Å². The van der Waals surface area contributed by atoms with E-state index < -0.39 is 7.52 Å². The van der Waals surface area contributed by atoms with Gasteiger partial charge in [0.1, 0.15) is 5.75 Å². The van der Waals surface area contributed by atoms with Crippen LogP contribution < -0.4 is 14.9 Å². The topological polar surface area (TPSA) is 38.3 Å². The average molecular weight is 315 g/mol. The summed E-state index contributed by atoms with van der Waals surface area (Å²) in [6, 6.07) is 19.2. The van der Waals surface area contributed by atoms with Gasteiger partial charge in [0.05, 0.1) is 5.30 Å². The molecule has 3 rings (SSSR count). The molecule has 4 heteroatoms. The zero-order chi connectivity index (χ0) is 15.3. The average Bonchev–Trinajstić information content (AvgIpc) is 2.57. The van der Waals surface area contributed by atoms with E-state index in [0.29, 0.717) is 5.75 Å². The highest BCUT2D eigenvalue weighted by Gasteiger charge is 2.31. The third-order valence-corrected chi connectivity index (χ3v) is 6.18. The Morgan fingerprint density at radius 3 is 2.09 bits per heavy atom. The highest BCUT2D eigenvalue weighted by atomic mass is 31.2. The smallest absolute Gasteiger partial charge is 0.347 e. The van der Waals surface area contributed by atoms with Crippen LogP contribution in [0.15, 0.2) is 60.7 Å². The molecule has 1 unspecified atom stereocenters. The first-order valence-corrected chi connectivity index (χ1v) is 9.57. The standard InChI is InChI=1S/C18H22NO2P/c20-22(18-14-8-3-9-15-18,19-16-10-4-1-5-11-16)21-17-12-6-2-7-13-17/h2-3,6-9,12-16H,1,4-5,10-11H2,(H,19,20). The number of benzene rings is 2. The van der Waals surface area contributed by atoms with Crippen molar-refractivity contribution in [3.8, 4) is 5.75 Å². The Hall–Kier alpha value is -1.57. The maximum Gasteiger partial charge on any atom is 0.347 e. The molecule has 0 aromatic heterocycles. The molecule has 0 spiro atoms. The summed E-state index contributed by atoms with van der Waals surface area (Å²) >= 11 is 0. The molecule has 0 radical (unpaired) electrons. The number of nitrogens with one attached hydrogen (secondary N) is 1. The van der Waals surface area contributed by atoms with E-state index >= 15 is 0 Å². The van der Waals surface area contributed by atoms with E-state index in [2.05, 4.69) is 5.09 Å². The number of para-hydroxylation sites is 1. The molecular formula is C18H22NO2P. The van der Waals surface area contributed by atoms with Crippen LogP contribution in [0.5, 0.6) is 5.75 Å². The summed E-state index contributed by atoms with van der Waals surface area (Å²) in [6.07, 6.45) is 5.78. The monoisotopic (exact) mass is 315 g/mol. The Kier molecular flexibility index (Phi) is 4.97. The Labute approximate surface area is 132 Å². The van der Waals surface area contributed by atoms with Gasteiger partial charge in [0, 0.05) is 6.04 Å². The van der Waals surface area contributed by atoms with E-state index in [9.17, 15) is 4.57 Å². The lowest BCUT2D eigenvalue weighted by atomic mass is 9.96. The fourth-order valence-corrected chi connectivity index (χ4v) is 4.91. The molecule has 2 aromatic carbocycles. The SMILES string of the molecule is O=P(NC1CCCCC1)(Oc1ccccc1)c1ccccc1. The summed E-state index contributed by atoms with van der Waals surface area (Å²) in [5.41, 5.74) is 0. The van der Waals surface area contributed by atoms with Crippen molar-refractivity contribution >= 4 is 12.8 Å². The molecule has 1 N–H and O–H groups in total. The van der Waals surface area contributed by atoms with E-state index in [1.54, 1.807) is 0 Å². The molecule has 22 heavy (non-hydrogen) atoms. The summed E-state index contributed by atoms with van der Waals surface area (Å²) in [6.45, 7) is 0. The molecule has 0 saturated heterocycles. The van der Waals surface area contributed by atoms with Gasteiger partial charge in [0.15, 0.2) is 0 Å². The second-order valence-electron chi connectivity index (χ2n) is 5.76. The van der Waals surface area contributed by atoms with Crippen LogP contribution >= 0.6 is 7.52 Å². The predicted octanol–water partition coefficient (Wildman–Crippen LogP) is 4.51. The van der Waals surface area contributed by atoms with E-state index in [1.165, 1.54) is 19.3 Å². The summed E-state index contributed by atoms with van der Waals surface area (Å²) in [4.78, 5) is 0. The molecule has 0 aliphatic heterocycles. The lowest BCUT2D eigenvalue weighted by Crippen LogP contribution is -2.34. The molecule has 0 heterocycles. The van der Waals surface area contributed by atoms with Gasteiger partial charge < -0.3 is 4.52 Å². The third kappa shape index (κ3) is 3.79. The fourth-order valence-electron chi connectivity index (χ4n) is 2.88. The minimum Gasteiger partial charge on any atom is -0.430 e. The third-order valence-electron chi connectivity index (χ3n) is 4.03. The molecule has 2 aromatic rings. The van der Waals surface area contributed by atoms with E-state index in [1.807, 2.05) is 60.7 Å². The molecule has 1 fully saturated rings. The first-order valence-electron chi connectivity index (χ1n) is 7.94. The highest BCUT2D eigenvalue weighted by Crippen LogP contribution is 2.43. The van der Waals surface area contributed by atoms with Crippen molar-refractivity contribution in [2.45, 2.75) is 38.1 Å². The molecule has 0 amide bonds. The Morgan fingerprint density at radius 2 is 1.45 bits per heavy atom. The molecule has 1 saturated carbocycles. The van der Waals surface area contributed by atoms with Gasteiger partial charge in [0.25, 0.3) is 0 Å². The quantitative estimate of drug-likeness (QED) is 0.825. The predicted molar refractivity (Wildman–Crippen MR) is 90.8 cm³/mol. The Morgan fingerprint density at radius 1 is 0.864 bits per heavy atom. The van der Waals surface area contributed by atoms with Crippen molar-refractivity contribution in [2.75, 3.05) is 0 Å². The summed E-state index contributed by atoms with van der Waals surface area (Å²) < 4.78 is 19.5. The van der Waals surface area contributed by atoms with Gasteiger partial charge in [-0.2, -0.15) is 0 Å². The van der Waals surface area contributed by atoms with Crippen molar-refractivity contribution in [1.82, 2.24) is 5.09 Å². The Balaban J connectivity index is 1.86. The van der Waals surface area contributed by atoms with Crippen molar-refractivity contribution in [1.29, 1.82) is 0 Å². The van der Waals surface area contributed by atoms with E-state index in [4.69, 9.17) is 4.52 Å². The van der Waals surface area contributed by atoms with Gasteiger partial charge in [-0.25, -0.2) is 5.09 Å². The highest BCUT2D eigenvalue weighted by molar-refractivity contribution is 7.65. The zero-order valence-electron chi connectivity index (χ0n) is 12.7. The van der Waals surface area contributed by atoms with Crippen molar-refractivity contribution < 1.29 is 9.09 Å². The van der Waals surface area contributed by atoms with Crippen molar-refractivity contribution in [3.63, 3.8) is 0 Å². The number of rotatable bonds is 5. The molecule has 116 valence electrons. The van der Waals surface area contributed by atoms with Crippen LogP contribution in [0.1, 0.15) is 32.1 Å². The number of hydrogen-bond acceptors (Lipinski definition) is 2. The van der Waals surface area contributed by atoms with Gasteiger partial charge in [-0.1, -0.05) is 55.7 Å². The van der Waals surface area contributed by atoms with Crippen LogP contribution in [-0.4, -0.2) is 6.04 Å². The van der Waals surface area contributed by atoms with Gasteiger partial charge in [-0.15, -0.1) is 0 Å². The Bertz CT molecular complexity index is 624. The molecular weight excluding hydrogens is 293 g/mol. The molecule has 1 aliphatic carbocycles. The fraction of sp³-hybridized carbons (Fsp3) is 0.333. The van der Waals surface area contributed by atoms with Crippen molar-refractivity contribution in [3.05, 3.63) is 60.7 Å². The summed E-state index contributed by atoms with van der Waals surface area (Å²) in [5, 5.41) is 4.06. The second kappa shape index (κ2) is 7.13. The van der Waals surface area contributed by atoms with Crippen LogP contribution in [-0.2, 0) is 4.57 Å². The van der Waals surface area contributed by atoms with Gasteiger partial charge >= 0.3 is 7.52 Å². The lowest BCUT2D eigenvalue weighted by Gasteiger charge is -2.28. The lowest BCUT2D eigenvalue weighted by molar-refractivity contribution is 0.393. The zero-order valence-corrected chi connectivity index (χ0v) is 13.5. The first kappa shape index (κ1) is 15.3. The van der Waals surface area contributed by atoms with Crippen LogP contribution in [0.4, 0.5) is 0 Å². The molecule has 0 bridgehead atoms.